The Hall–Kier alpha value is -3.21. The summed E-state index contributed by atoms with van der Waals surface area (Å²) in [4.78, 5) is 9.19. The first-order valence-corrected chi connectivity index (χ1v) is 15.0. The number of benzene rings is 3. The quantitative estimate of drug-likeness (QED) is 0.147. The van der Waals surface area contributed by atoms with Crippen molar-refractivity contribution in [1.29, 1.82) is 0 Å². The Kier molecular flexibility index (Phi) is 17.2. The molecule has 3 rings (SSSR count). The average molecular weight is 561 g/mol. The molecule has 0 heterocycles. The molecule has 216 valence electrons. The number of unbranched alkanes of at least 4 members (excludes halogenated alkanes) is 1. The van der Waals surface area contributed by atoms with Gasteiger partial charge in [0.05, 0.1) is 10.7 Å². The van der Waals surface area contributed by atoms with Crippen molar-refractivity contribution in [2.24, 2.45) is 9.98 Å². The van der Waals surface area contributed by atoms with Crippen LogP contribution in [0.3, 0.4) is 0 Å². The van der Waals surface area contributed by atoms with Crippen molar-refractivity contribution < 1.29 is 0 Å². The molecule has 0 aliphatic heterocycles. The maximum absolute atomic E-state index is 6.47. The van der Waals surface area contributed by atoms with Gasteiger partial charge in [0.25, 0.3) is 0 Å². The Morgan fingerprint density at radius 1 is 0.900 bits per heavy atom. The van der Waals surface area contributed by atoms with Crippen LogP contribution in [0.15, 0.2) is 82.4 Å². The van der Waals surface area contributed by atoms with Crippen LogP contribution in [0.25, 0.3) is 11.1 Å². The van der Waals surface area contributed by atoms with Crippen LogP contribution < -0.4 is 10.6 Å². The Morgan fingerprint density at radius 3 is 2.17 bits per heavy atom. The van der Waals surface area contributed by atoms with Crippen LogP contribution >= 0.6 is 11.6 Å². The van der Waals surface area contributed by atoms with Crippen LogP contribution in [0.1, 0.15) is 78.0 Å². The van der Waals surface area contributed by atoms with E-state index in [4.69, 9.17) is 16.6 Å². The Labute approximate surface area is 248 Å². The molecule has 3 aromatic rings. The normalized spacial score (nSPS) is 11.4. The predicted molar refractivity (Wildman–Crippen MR) is 181 cm³/mol. The molecule has 0 aliphatic rings. The van der Waals surface area contributed by atoms with Crippen LogP contribution in [0.4, 0.5) is 11.4 Å². The molecule has 2 N–H and O–H groups in total. The number of hydrogen-bond donors (Lipinski definition) is 2. The molecule has 0 saturated heterocycles. The summed E-state index contributed by atoms with van der Waals surface area (Å²) < 4.78 is 0. The predicted octanol–water partition coefficient (Wildman–Crippen LogP) is 10.7. The van der Waals surface area contributed by atoms with Crippen molar-refractivity contribution in [3.8, 4) is 11.1 Å². The van der Waals surface area contributed by atoms with E-state index in [2.05, 4.69) is 71.9 Å². The molecule has 0 fully saturated rings. The lowest BCUT2D eigenvalue weighted by atomic mass is 10.0. The summed E-state index contributed by atoms with van der Waals surface area (Å²) in [6.45, 7) is 20.2. The fourth-order valence-electron chi connectivity index (χ4n) is 3.80. The van der Waals surface area contributed by atoms with Crippen molar-refractivity contribution in [2.75, 3.05) is 11.9 Å². The van der Waals surface area contributed by atoms with Gasteiger partial charge in [0.2, 0.25) is 0 Å². The highest BCUT2D eigenvalue weighted by atomic mass is 35.5. The van der Waals surface area contributed by atoms with Crippen molar-refractivity contribution in [1.82, 2.24) is 5.32 Å². The summed E-state index contributed by atoms with van der Waals surface area (Å²) in [5.41, 5.74) is 8.51. The highest BCUT2D eigenvalue weighted by molar-refractivity contribution is 6.33. The molecule has 40 heavy (non-hydrogen) atoms. The molecule has 5 heteroatoms. The van der Waals surface area contributed by atoms with Crippen LogP contribution in [-0.4, -0.2) is 18.6 Å². The van der Waals surface area contributed by atoms with E-state index < -0.39 is 0 Å². The smallest absolute Gasteiger partial charge is 0.135 e. The number of halogens is 1. The lowest BCUT2D eigenvalue weighted by molar-refractivity contribution is 0.641. The van der Waals surface area contributed by atoms with Gasteiger partial charge in [0, 0.05) is 30.2 Å². The second-order valence-electron chi connectivity index (χ2n) is 8.97. The second-order valence-corrected chi connectivity index (χ2v) is 9.37. The molecule has 0 saturated carbocycles. The van der Waals surface area contributed by atoms with E-state index in [9.17, 15) is 0 Å². The van der Waals surface area contributed by atoms with Crippen LogP contribution in [0.2, 0.25) is 5.02 Å². The van der Waals surface area contributed by atoms with Gasteiger partial charge in [-0.25, -0.2) is 4.99 Å². The van der Waals surface area contributed by atoms with Gasteiger partial charge in [-0.1, -0.05) is 95.1 Å². The molecule has 0 unspecified atom stereocenters. The van der Waals surface area contributed by atoms with Crippen molar-refractivity contribution >= 4 is 35.0 Å². The molecule has 0 amide bonds. The zero-order chi connectivity index (χ0) is 29.9. The highest BCUT2D eigenvalue weighted by Gasteiger charge is 2.10. The maximum atomic E-state index is 6.47. The Balaban J connectivity index is 0.00000191. The van der Waals surface area contributed by atoms with Gasteiger partial charge >= 0.3 is 0 Å². The monoisotopic (exact) mass is 560 g/mol. The lowest BCUT2D eigenvalue weighted by Gasteiger charge is -2.15. The summed E-state index contributed by atoms with van der Waals surface area (Å²) in [7, 11) is 0. The number of aryl methyl sites for hydroxylation is 2. The minimum Gasteiger partial charge on any atom is -0.340 e. The maximum Gasteiger partial charge on any atom is 0.135 e. The van der Waals surface area contributed by atoms with Gasteiger partial charge in [0.1, 0.15) is 5.84 Å². The zero-order valence-electron chi connectivity index (χ0n) is 26.0. The number of rotatable bonds is 10. The molecule has 0 bridgehead atoms. The highest BCUT2D eigenvalue weighted by Crippen LogP contribution is 2.30. The third-order valence-corrected chi connectivity index (χ3v) is 6.31. The first-order chi connectivity index (χ1) is 19.4. The molecule has 0 aromatic heterocycles. The van der Waals surface area contributed by atoms with E-state index in [0.29, 0.717) is 10.9 Å². The van der Waals surface area contributed by atoms with Gasteiger partial charge in [0.15, 0.2) is 0 Å². The van der Waals surface area contributed by atoms with Crippen molar-refractivity contribution in [3.63, 3.8) is 0 Å². The third kappa shape index (κ3) is 11.1. The molecule has 3 aromatic carbocycles. The summed E-state index contributed by atoms with van der Waals surface area (Å²) in [5, 5.41) is 7.64. The average Bonchev–Trinajstić information content (AvgIpc) is 2.98. The number of para-hydroxylation sites is 1. The van der Waals surface area contributed by atoms with E-state index >= 15 is 0 Å². The van der Waals surface area contributed by atoms with Crippen molar-refractivity contribution in [2.45, 2.75) is 81.7 Å². The van der Waals surface area contributed by atoms with E-state index in [1.54, 1.807) is 12.4 Å². The third-order valence-electron chi connectivity index (χ3n) is 6.01. The van der Waals surface area contributed by atoms with E-state index in [1.807, 2.05) is 66.7 Å². The van der Waals surface area contributed by atoms with E-state index in [-0.39, 0.29) is 0 Å². The summed E-state index contributed by atoms with van der Waals surface area (Å²) >= 11 is 6.47. The number of nitrogens with zero attached hydrogens (tertiary/aromatic N) is 2. The second kappa shape index (κ2) is 19.8. The Morgan fingerprint density at radius 2 is 1.57 bits per heavy atom. The molecule has 0 spiro atoms. The van der Waals surface area contributed by atoms with Gasteiger partial charge < -0.3 is 10.6 Å². The molecule has 0 radical (unpaired) electrons. The van der Waals surface area contributed by atoms with Crippen LogP contribution in [0, 0.1) is 13.8 Å². The van der Waals surface area contributed by atoms with Gasteiger partial charge in [-0.05, 0) is 86.7 Å². The van der Waals surface area contributed by atoms with E-state index in [1.165, 1.54) is 29.5 Å². The standard InChI is InChI=1S/C31H37ClN4.2C2H6/c1-6-8-18-34-21-25-12-14-26(15-13-25)27-16-17-29(23(4)19-27)35-31(24(5)20-33-7-2)36-30-22(3)10-9-11-28(30)32;2*1-2/h7,9-17,19-20,34H,6,8,18,21H2,1-5H3,(H,35,36);2*1-2H3/b24-20+,33-7?;;. The fourth-order valence-corrected chi connectivity index (χ4v) is 4.06. The van der Waals surface area contributed by atoms with Crippen molar-refractivity contribution in [3.05, 3.63) is 94.1 Å². The molecule has 0 atom stereocenters. The van der Waals surface area contributed by atoms with Gasteiger partial charge in [-0.15, -0.1) is 0 Å². The fraction of sp³-hybridized carbons (Fsp3) is 0.371. The van der Waals surface area contributed by atoms with Gasteiger partial charge in [-0.3, -0.25) is 4.99 Å². The molecule has 4 nitrogen and oxygen atoms in total. The number of anilines is 1. The summed E-state index contributed by atoms with van der Waals surface area (Å²) in [6.07, 6.45) is 5.99. The summed E-state index contributed by atoms with van der Waals surface area (Å²) in [6, 6.07) is 21.1. The number of aliphatic imine (C=N–C) groups is 2. The number of nitrogens with one attached hydrogen (secondary N) is 2. The molecular weight excluding hydrogens is 512 g/mol. The lowest BCUT2D eigenvalue weighted by Crippen LogP contribution is -2.14. The Bertz CT molecular complexity index is 1220. The SMILES string of the molecule is CC.CC.CC=N/C=C(\C)C(=Nc1c(C)cccc1Cl)Nc1ccc(-c2ccc(CNCCCC)cc2)cc1C. The first-order valence-electron chi connectivity index (χ1n) is 14.6. The minimum absolute atomic E-state index is 0.622. The topological polar surface area (TPSA) is 48.8 Å². The first kappa shape index (κ1) is 34.8. The number of amidine groups is 1. The molecular formula is C35H49ClN4. The van der Waals surface area contributed by atoms with E-state index in [0.717, 1.165) is 41.2 Å². The largest absolute Gasteiger partial charge is 0.340 e. The zero-order valence-corrected chi connectivity index (χ0v) is 26.8. The number of hydrogen-bond acceptors (Lipinski definition) is 3. The van der Waals surface area contributed by atoms with Gasteiger partial charge in [-0.2, -0.15) is 0 Å². The molecule has 0 aliphatic carbocycles. The van der Waals surface area contributed by atoms with Crippen LogP contribution in [-0.2, 0) is 6.54 Å². The minimum atomic E-state index is 0.622. The summed E-state index contributed by atoms with van der Waals surface area (Å²) in [5.74, 6) is 0.715. The van der Waals surface area contributed by atoms with Crippen LogP contribution in [0.5, 0.6) is 0 Å².